The summed E-state index contributed by atoms with van der Waals surface area (Å²) in [6, 6.07) is 0. The third kappa shape index (κ3) is 1.25. The van der Waals surface area contributed by atoms with Gasteiger partial charge in [-0.3, -0.25) is 4.79 Å². The van der Waals surface area contributed by atoms with Crippen LogP contribution in [0.3, 0.4) is 0 Å². The molecule has 0 saturated heterocycles. The van der Waals surface area contributed by atoms with Gasteiger partial charge < -0.3 is 0 Å². The molecule has 0 aliphatic heterocycles. The molecule has 0 N–H and O–H groups in total. The number of Topliss-reactive ketones (excluding diaryl/α,β-unsaturated/α-hetero) is 1. The highest BCUT2D eigenvalue weighted by Gasteiger charge is 2.49. The van der Waals surface area contributed by atoms with Crippen molar-refractivity contribution in [2.24, 2.45) is 17.3 Å². The standard InChI is InChI=1S/C12H18O/c1-3-9-6-8-12(2)7-4-5-10(13)11(9)12/h3,9,11H,1,4-8H2,2H3/t9?,11-,12-/m1/s1. The molecule has 0 amide bonds. The summed E-state index contributed by atoms with van der Waals surface area (Å²) in [4.78, 5) is 11.8. The lowest BCUT2D eigenvalue weighted by Crippen LogP contribution is -2.35. The number of hydrogen-bond acceptors (Lipinski definition) is 1. The van der Waals surface area contributed by atoms with Gasteiger partial charge in [-0.15, -0.1) is 6.58 Å². The molecule has 1 nitrogen and oxygen atoms in total. The van der Waals surface area contributed by atoms with E-state index in [9.17, 15) is 4.79 Å². The summed E-state index contributed by atoms with van der Waals surface area (Å²) in [6.07, 6.45) is 7.56. The summed E-state index contributed by atoms with van der Waals surface area (Å²) in [7, 11) is 0. The molecule has 2 aliphatic carbocycles. The van der Waals surface area contributed by atoms with Crippen molar-refractivity contribution in [1.82, 2.24) is 0 Å². The molecule has 13 heavy (non-hydrogen) atoms. The zero-order chi connectivity index (χ0) is 9.47. The van der Waals surface area contributed by atoms with E-state index in [0.717, 1.165) is 12.8 Å². The zero-order valence-electron chi connectivity index (χ0n) is 8.38. The van der Waals surface area contributed by atoms with Gasteiger partial charge in [-0.2, -0.15) is 0 Å². The Morgan fingerprint density at radius 3 is 3.00 bits per heavy atom. The fourth-order valence-electron chi connectivity index (χ4n) is 3.32. The second-order valence-corrected chi connectivity index (χ2v) is 4.89. The molecule has 0 aromatic rings. The van der Waals surface area contributed by atoms with Gasteiger partial charge in [0.05, 0.1) is 0 Å². The zero-order valence-corrected chi connectivity index (χ0v) is 8.38. The molecule has 0 radical (unpaired) electrons. The van der Waals surface area contributed by atoms with E-state index in [-0.39, 0.29) is 0 Å². The Bertz CT molecular complexity index is 244. The molecule has 0 aromatic heterocycles. The number of allylic oxidation sites excluding steroid dienone is 1. The van der Waals surface area contributed by atoms with Gasteiger partial charge in [0.25, 0.3) is 0 Å². The maximum absolute atomic E-state index is 11.8. The van der Waals surface area contributed by atoms with Crippen LogP contribution in [0.5, 0.6) is 0 Å². The van der Waals surface area contributed by atoms with Crippen LogP contribution in [0.15, 0.2) is 12.7 Å². The average Bonchev–Trinajstić information content (AvgIpc) is 2.43. The van der Waals surface area contributed by atoms with Crippen LogP contribution < -0.4 is 0 Å². The molecule has 0 bridgehead atoms. The minimum Gasteiger partial charge on any atom is -0.299 e. The highest BCUT2D eigenvalue weighted by molar-refractivity contribution is 5.83. The van der Waals surface area contributed by atoms with Gasteiger partial charge in [0.1, 0.15) is 5.78 Å². The lowest BCUT2D eigenvalue weighted by Gasteiger charge is -2.36. The Labute approximate surface area is 80.2 Å². The van der Waals surface area contributed by atoms with Crippen LogP contribution in [0.25, 0.3) is 0 Å². The summed E-state index contributed by atoms with van der Waals surface area (Å²) in [6.45, 7) is 6.14. The van der Waals surface area contributed by atoms with Crippen molar-refractivity contribution in [3.63, 3.8) is 0 Å². The smallest absolute Gasteiger partial charge is 0.137 e. The van der Waals surface area contributed by atoms with Crippen molar-refractivity contribution in [2.45, 2.75) is 39.0 Å². The Morgan fingerprint density at radius 2 is 2.31 bits per heavy atom. The summed E-state index contributed by atoms with van der Waals surface area (Å²) < 4.78 is 0. The predicted molar refractivity (Wildman–Crippen MR) is 53.4 cm³/mol. The van der Waals surface area contributed by atoms with E-state index in [1.54, 1.807) is 0 Å². The molecule has 0 heterocycles. The molecule has 2 saturated carbocycles. The SMILES string of the molecule is C=CC1CC[C@@]2(C)CCCC(=O)[C@@H]12. The van der Waals surface area contributed by atoms with Gasteiger partial charge in [0.15, 0.2) is 0 Å². The number of carbonyl (C=O) groups excluding carboxylic acids is 1. The molecule has 2 aliphatic rings. The molecule has 2 rings (SSSR count). The summed E-state index contributed by atoms with van der Waals surface area (Å²) in [5, 5.41) is 0. The maximum Gasteiger partial charge on any atom is 0.137 e. The van der Waals surface area contributed by atoms with E-state index in [4.69, 9.17) is 0 Å². The van der Waals surface area contributed by atoms with E-state index in [1.807, 2.05) is 6.08 Å². The Morgan fingerprint density at radius 1 is 1.54 bits per heavy atom. The number of rotatable bonds is 1. The average molecular weight is 178 g/mol. The lowest BCUT2D eigenvalue weighted by atomic mass is 9.67. The Hall–Kier alpha value is -0.590. The van der Waals surface area contributed by atoms with Crippen molar-refractivity contribution in [3.8, 4) is 0 Å². The molecule has 72 valence electrons. The second kappa shape index (κ2) is 2.97. The van der Waals surface area contributed by atoms with Crippen LogP contribution in [-0.4, -0.2) is 5.78 Å². The molecule has 1 unspecified atom stereocenters. The predicted octanol–water partition coefficient (Wildman–Crippen LogP) is 2.96. The van der Waals surface area contributed by atoms with Crippen molar-refractivity contribution in [2.75, 3.05) is 0 Å². The third-order valence-corrected chi connectivity index (χ3v) is 4.05. The number of ketones is 1. The molecule has 1 heteroatoms. The third-order valence-electron chi connectivity index (χ3n) is 4.05. The number of carbonyl (C=O) groups is 1. The first-order chi connectivity index (χ1) is 6.17. The Balaban J connectivity index is 2.28. The summed E-state index contributed by atoms with van der Waals surface area (Å²) in [5.41, 5.74) is 0.314. The van der Waals surface area contributed by atoms with E-state index >= 15 is 0 Å². The van der Waals surface area contributed by atoms with Crippen molar-refractivity contribution < 1.29 is 4.79 Å². The van der Waals surface area contributed by atoms with Gasteiger partial charge in [0.2, 0.25) is 0 Å². The molecule has 3 atom stereocenters. The number of fused-ring (bicyclic) bond motifs is 1. The van der Waals surface area contributed by atoms with E-state index in [2.05, 4.69) is 13.5 Å². The summed E-state index contributed by atoms with van der Waals surface area (Å²) in [5.74, 6) is 1.27. The molecule has 0 aromatic carbocycles. The summed E-state index contributed by atoms with van der Waals surface area (Å²) >= 11 is 0. The normalized spacial score (nSPS) is 44.5. The largest absolute Gasteiger partial charge is 0.299 e. The van der Waals surface area contributed by atoms with Gasteiger partial charge in [-0.05, 0) is 37.0 Å². The van der Waals surface area contributed by atoms with Gasteiger partial charge >= 0.3 is 0 Å². The van der Waals surface area contributed by atoms with E-state index < -0.39 is 0 Å². The quantitative estimate of drug-likeness (QED) is 0.564. The lowest BCUT2D eigenvalue weighted by molar-refractivity contribution is -0.129. The monoisotopic (exact) mass is 178 g/mol. The highest BCUT2D eigenvalue weighted by Crippen LogP contribution is 2.53. The van der Waals surface area contributed by atoms with Crippen LogP contribution >= 0.6 is 0 Å². The van der Waals surface area contributed by atoms with Crippen LogP contribution in [0, 0.1) is 17.3 Å². The van der Waals surface area contributed by atoms with Gasteiger partial charge in [-0.25, -0.2) is 0 Å². The molecular formula is C12H18O. The maximum atomic E-state index is 11.8. The fourth-order valence-corrected chi connectivity index (χ4v) is 3.32. The van der Waals surface area contributed by atoms with E-state index in [1.165, 1.54) is 19.3 Å². The van der Waals surface area contributed by atoms with Crippen LogP contribution in [0.4, 0.5) is 0 Å². The van der Waals surface area contributed by atoms with Crippen molar-refractivity contribution in [1.29, 1.82) is 0 Å². The minimum atomic E-state index is 0.304. The highest BCUT2D eigenvalue weighted by atomic mass is 16.1. The van der Waals surface area contributed by atoms with Crippen LogP contribution in [0.1, 0.15) is 39.0 Å². The topological polar surface area (TPSA) is 17.1 Å². The first kappa shape index (κ1) is 8.98. The second-order valence-electron chi connectivity index (χ2n) is 4.89. The number of hydrogen-bond donors (Lipinski definition) is 0. The van der Waals surface area contributed by atoms with Crippen molar-refractivity contribution in [3.05, 3.63) is 12.7 Å². The molecular weight excluding hydrogens is 160 g/mol. The molecule has 2 fully saturated rings. The minimum absolute atomic E-state index is 0.304. The molecule has 0 spiro atoms. The van der Waals surface area contributed by atoms with Crippen molar-refractivity contribution >= 4 is 5.78 Å². The fraction of sp³-hybridized carbons (Fsp3) is 0.750. The first-order valence-electron chi connectivity index (χ1n) is 5.33. The van der Waals surface area contributed by atoms with Gasteiger partial charge in [0, 0.05) is 12.3 Å². The van der Waals surface area contributed by atoms with Crippen LogP contribution in [0.2, 0.25) is 0 Å². The van der Waals surface area contributed by atoms with Gasteiger partial charge in [-0.1, -0.05) is 13.0 Å². The Kier molecular flexibility index (Phi) is 2.05. The first-order valence-corrected chi connectivity index (χ1v) is 5.33. The van der Waals surface area contributed by atoms with E-state index in [0.29, 0.717) is 23.0 Å². The van der Waals surface area contributed by atoms with Crippen LogP contribution in [-0.2, 0) is 4.79 Å².